The van der Waals surface area contributed by atoms with Crippen LogP contribution in [0.1, 0.15) is 23.7 Å². The summed E-state index contributed by atoms with van der Waals surface area (Å²) in [5, 5.41) is 4.22. The van der Waals surface area contributed by atoms with Gasteiger partial charge in [-0.25, -0.2) is 4.39 Å². The number of alkyl halides is 2. The van der Waals surface area contributed by atoms with Crippen molar-refractivity contribution in [1.82, 2.24) is 5.32 Å². The van der Waals surface area contributed by atoms with E-state index < -0.39 is 5.82 Å². The monoisotopic (exact) mass is 395 g/mol. The molecule has 0 aliphatic rings. The number of nitrogens with one attached hydrogen (secondary N) is 1. The highest BCUT2D eigenvalue weighted by atomic mass is 79.9. The van der Waals surface area contributed by atoms with E-state index in [-0.39, 0.29) is 17.2 Å². The molecule has 0 saturated carbocycles. The molecule has 106 valence electrons. The zero-order chi connectivity index (χ0) is 14.5. The minimum absolute atomic E-state index is 0.0624. The van der Waals surface area contributed by atoms with E-state index in [2.05, 4.69) is 37.2 Å². The predicted octanol–water partition coefficient (Wildman–Crippen LogP) is 3.50. The van der Waals surface area contributed by atoms with Crippen molar-refractivity contribution in [1.29, 1.82) is 0 Å². The molecule has 0 fully saturated rings. The van der Waals surface area contributed by atoms with Crippen LogP contribution in [0.25, 0.3) is 0 Å². The van der Waals surface area contributed by atoms with E-state index in [4.69, 9.17) is 4.74 Å². The van der Waals surface area contributed by atoms with Crippen LogP contribution < -0.4 is 10.1 Å². The normalized spacial score (nSPS) is 11.2. The van der Waals surface area contributed by atoms with Crippen molar-refractivity contribution >= 4 is 37.8 Å². The fourth-order valence-electron chi connectivity index (χ4n) is 1.49. The van der Waals surface area contributed by atoms with Crippen LogP contribution in [0.4, 0.5) is 4.39 Å². The van der Waals surface area contributed by atoms with E-state index in [1.54, 1.807) is 0 Å². The summed E-state index contributed by atoms with van der Waals surface area (Å²) >= 11 is 6.81. The highest BCUT2D eigenvalue weighted by molar-refractivity contribution is 9.09. The lowest BCUT2D eigenvalue weighted by Gasteiger charge is -2.30. The first kappa shape index (κ1) is 16.4. The van der Waals surface area contributed by atoms with Crippen LogP contribution in [-0.4, -0.2) is 29.2 Å². The molecule has 1 amide bonds. The van der Waals surface area contributed by atoms with E-state index in [1.807, 2.05) is 6.92 Å². The summed E-state index contributed by atoms with van der Waals surface area (Å²) in [7, 11) is 1.37. The molecule has 1 aromatic rings. The SMILES string of the molecule is CCC(CBr)(CBr)NC(=O)c1ccc(F)c(OC)c1. The molecule has 3 nitrogen and oxygen atoms in total. The molecule has 1 N–H and O–H groups in total. The van der Waals surface area contributed by atoms with Crippen molar-refractivity contribution in [2.45, 2.75) is 18.9 Å². The Morgan fingerprint density at radius 3 is 2.53 bits per heavy atom. The van der Waals surface area contributed by atoms with Gasteiger partial charge in [0.15, 0.2) is 11.6 Å². The third-order valence-corrected chi connectivity index (χ3v) is 5.13. The standard InChI is InChI=1S/C13H16Br2FNO2/c1-3-13(7-14,8-15)17-12(18)9-4-5-10(16)11(6-9)19-2/h4-6H,3,7-8H2,1-2H3,(H,17,18). The molecule has 1 rings (SSSR count). The Bertz CT molecular complexity index is 442. The number of hydrogen-bond acceptors (Lipinski definition) is 2. The maximum absolute atomic E-state index is 13.3. The van der Waals surface area contributed by atoms with Crippen LogP contribution in [0, 0.1) is 5.82 Å². The Hall–Kier alpha value is -0.620. The lowest BCUT2D eigenvalue weighted by molar-refractivity contribution is 0.0915. The van der Waals surface area contributed by atoms with E-state index in [9.17, 15) is 9.18 Å². The third-order valence-electron chi connectivity index (χ3n) is 2.98. The molecular formula is C13H16Br2FNO2. The molecule has 0 spiro atoms. The molecule has 0 aliphatic carbocycles. The highest BCUT2D eigenvalue weighted by Crippen LogP contribution is 2.21. The van der Waals surface area contributed by atoms with Gasteiger partial charge in [-0.1, -0.05) is 38.8 Å². The summed E-state index contributed by atoms with van der Waals surface area (Å²) in [5.74, 6) is -0.673. The molecule has 0 aromatic heterocycles. The highest BCUT2D eigenvalue weighted by Gasteiger charge is 2.28. The van der Waals surface area contributed by atoms with Crippen LogP contribution in [0.3, 0.4) is 0 Å². The number of methoxy groups -OCH3 is 1. The Kier molecular flexibility index (Phi) is 6.26. The van der Waals surface area contributed by atoms with Crippen LogP contribution in [0.5, 0.6) is 5.75 Å². The number of rotatable bonds is 6. The van der Waals surface area contributed by atoms with Crippen molar-refractivity contribution in [2.75, 3.05) is 17.8 Å². The van der Waals surface area contributed by atoms with Crippen molar-refractivity contribution in [2.24, 2.45) is 0 Å². The van der Waals surface area contributed by atoms with Crippen LogP contribution >= 0.6 is 31.9 Å². The van der Waals surface area contributed by atoms with Crippen molar-refractivity contribution < 1.29 is 13.9 Å². The van der Waals surface area contributed by atoms with Gasteiger partial charge in [0.2, 0.25) is 0 Å². The number of carbonyl (C=O) groups excluding carboxylic acids is 1. The van der Waals surface area contributed by atoms with Crippen molar-refractivity contribution in [3.05, 3.63) is 29.6 Å². The van der Waals surface area contributed by atoms with Crippen molar-refractivity contribution in [3.8, 4) is 5.75 Å². The molecule has 0 unspecified atom stereocenters. The molecule has 0 heterocycles. The maximum atomic E-state index is 13.3. The minimum atomic E-state index is -0.484. The zero-order valence-corrected chi connectivity index (χ0v) is 14.0. The summed E-state index contributed by atoms with van der Waals surface area (Å²) in [6, 6.07) is 4.06. The van der Waals surface area contributed by atoms with Gasteiger partial charge in [0.05, 0.1) is 12.6 Å². The Morgan fingerprint density at radius 2 is 2.05 bits per heavy atom. The molecule has 0 saturated heterocycles. The number of hydrogen-bond donors (Lipinski definition) is 1. The summed E-state index contributed by atoms with van der Waals surface area (Å²) < 4.78 is 18.2. The average molecular weight is 397 g/mol. The first-order valence-electron chi connectivity index (χ1n) is 5.80. The first-order valence-corrected chi connectivity index (χ1v) is 8.04. The van der Waals surface area contributed by atoms with Gasteiger partial charge in [-0.3, -0.25) is 4.79 Å². The lowest BCUT2D eigenvalue weighted by atomic mass is 10.0. The van der Waals surface area contributed by atoms with Gasteiger partial charge in [0.1, 0.15) is 0 Å². The smallest absolute Gasteiger partial charge is 0.251 e. The minimum Gasteiger partial charge on any atom is -0.494 e. The van der Waals surface area contributed by atoms with Gasteiger partial charge in [0.25, 0.3) is 5.91 Å². The van der Waals surface area contributed by atoms with Gasteiger partial charge in [0, 0.05) is 16.2 Å². The van der Waals surface area contributed by atoms with Gasteiger partial charge in [-0.15, -0.1) is 0 Å². The second-order valence-electron chi connectivity index (χ2n) is 4.20. The summed E-state index contributed by atoms with van der Waals surface area (Å²) in [5.41, 5.74) is 0.0107. The Labute approximate surface area is 129 Å². The number of halogens is 3. The van der Waals surface area contributed by atoms with E-state index >= 15 is 0 Å². The molecule has 6 heteroatoms. The molecule has 0 bridgehead atoms. The van der Waals surface area contributed by atoms with Gasteiger partial charge < -0.3 is 10.1 Å². The van der Waals surface area contributed by atoms with Crippen LogP contribution in [0.2, 0.25) is 0 Å². The maximum Gasteiger partial charge on any atom is 0.251 e. The van der Waals surface area contributed by atoms with Crippen molar-refractivity contribution in [3.63, 3.8) is 0 Å². The molecule has 0 atom stereocenters. The average Bonchev–Trinajstić information content (AvgIpc) is 2.45. The number of carbonyl (C=O) groups is 1. The predicted molar refractivity (Wildman–Crippen MR) is 81.0 cm³/mol. The zero-order valence-electron chi connectivity index (χ0n) is 10.8. The fourth-order valence-corrected chi connectivity index (χ4v) is 3.50. The number of benzene rings is 1. The fraction of sp³-hybridized carbons (Fsp3) is 0.462. The molecule has 19 heavy (non-hydrogen) atoms. The third kappa shape index (κ3) is 3.92. The second kappa shape index (κ2) is 7.24. The van der Waals surface area contributed by atoms with Crippen LogP contribution in [-0.2, 0) is 0 Å². The largest absolute Gasteiger partial charge is 0.494 e. The summed E-state index contributed by atoms with van der Waals surface area (Å²) in [4.78, 5) is 12.2. The molecule has 0 radical (unpaired) electrons. The quantitative estimate of drug-likeness (QED) is 0.747. The molecule has 0 aliphatic heterocycles. The van der Waals surface area contributed by atoms with Gasteiger partial charge in [-0.2, -0.15) is 0 Å². The number of ether oxygens (including phenoxy) is 1. The Balaban J connectivity index is 2.94. The topological polar surface area (TPSA) is 38.3 Å². The summed E-state index contributed by atoms with van der Waals surface area (Å²) in [6.45, 7) is 1.99. The van der Waals surface area contributed by atoms with E-state index in [0.717, 1.165) is 6.42 Å². The first-order chi connectivity index (χ1) is 9.01. The van der Waals surface area contributed by atoms with Gasteiger partial charge in [-0.05, 0) is 24.6 Å². The van der Waals surface area contributed by atoms with Gasteiger partial charge >= 0.3 is 0 Å². The lowest BCUT2D eigenvalue weighted by Crippen LogP contribution is -2.51. The molecule has 1 aromatic carbocycles. The van der Waals surface area contributed by atoms with E-state index in [1.165, 1.54) is 25.3 Å². The van der Waals surface area contributed by atoms with E-state index in [0.29, 0.717) is 16.2 Å². The second-order valence-corrected chi connectivity index (χ2v) is 5.33. The molecular weight excluding hydrogens is 381 g/mol. The number of amides is 1. The van der Waals surface area contributed by atoms with Crippen LogP contribution in [0.15, 0.2) is 18.2 Å². The Morgan fingerprint density at radius 1 is 1.42 bits per heavy atom. The summed E-state index contributed by atoms with van der Waals surface area (Å²) in [6.07, 6.45) is 0.771.